The summed E-state index contributed by atoms with van der Waals surface area (Å²) in [7, 11) is -3.96. The number of hydrogen-bond donors (Lipinski definition) is 3. The minimum Gasteiger partial charge on any atom is -0.422 e. The second kappa shape index (κ2) is 16.2. The van der Waals surface area contributed by atoms with E-state index in [2.05, 4.69) is 10.6 Å². The maximum Gasteiger partial charge on any atom is 0.325 e. The zero-order valence-electron chi connectivity index (χ0n) is 27.8. The van der Waals surface area contributed by atoms with Crippen LogP contribution in [0.4, 0.5) is 0 Å². The Morgan fingerprint density at radius 3 is 1.90 bits per heavy atom. The molecule has 50 heavy (non-hydrogen) atoms. The highest BCUT2D eigenvalue weighted by Gasteiger charge is 2.51. The first-order valence-corrected chi connectivity index (χ1v) is 18.2. The normalized spacial score (nSPS) is 15.2. The van der Waals surface area contributed by atoms with E-state index in [1.165, 1.54) is 6.07 Å². The van der Waals surface area contributed by atoms with Crippen molar-refractivity contribution >= 4 is 33.5 Å². The number of ketones is 2. The molecule has 0 spiro atoms. The third kappa shape index (κ3) is 8.78. The molecule has 0 aliphatic carbocycles. The van der Waals surface area contributed by atoms with Crippen LogP contribution in [0.1, 0.15) is 42.9 Å². The fourth-order valence-corrected chi connectivity index (χ4v) is 6.87. The fourth-order valence-electron chi connectivity index (χ4n) is 6.11. The van der Waals surface area contributed by atoms with Crippen molar-refractivity contribution in [1.82, 2.24) is 10.6 Å². The zero-order chi connectivity index (χ0) is 35.7. The van der Waals surface area contributed by atoms with Gasteiger partial charge in [-0.1, -0.05) is 110 Å². The summed E-state index contributed by atoms with van der Waals surface area (Å²) in [6.07, 6.45) is 1.25. The van der Waals surface area contributed by atoms with Gasteiger partial charge in [-0.25, -0.2) is 13.6 Å². The van der Waals surface area contributed by atoms with Crippen LogP contribution in [0.25, 0.3) is 11.1 Å². The molecule has 1 heterocycles. The highest BCUT2D eigenvalue weighted by Crippen LogP contribution is 2.28. The van der Waals surface area contributed by atoms with E-state index in [0.29, 0.717) is 41.6 Å². The third-order valence-corrected chi connectivity index (χ3v) is 9.87. The largest absolute Gasteiger partial charge is 0.422 e. The van der Waals surface area contributed by atoms with E-state index in [9.17, 15) is 27.6 Å². The number of carbonyl (C=O) groups is 4. The maximum atomic E-state index is 14.3. The highest BCUT2D eigenvalue weighted by molar-refractivity contribution is 7.89. The van der Waals surface area contributed by atoms with Gasteiger partial charge in [0.2, 0.25) is 27.5 Å². The van der Waals surface area contributed by atoms with Gasteiger partial charge in [0.25, 0.3) is 0 Å². The van der Waals surface area contributed by atoms with Gasteiger partial charge >= 0.3 is 11.7 Å². The molecular weight excluding hydrogens is 655 g/mol. The number of benzene rings is 4. The van der Waals surface area contributed by atoms with E-state index in [1.807, 2.05) is 6.92 Å². The summed E-state index contributed by atoms with van der Waals surface area (Å²) >= 11 is 0. The predicted octanol–water partition coefficient (Wildman–Crippen LogP) is 4.30. The van der Waals surface area contributed by atoms with Crippen LogP contribution in [-0.4, -0.2) is 50.2 Å². The van der Waals surface area contributed by atoms with Gasteiger partial charge in [-0.2, -0.15) is 0 Å². The van der Waals surface area contributed by atoms with Crippen LogP contribution in [0.2, 0.25) is 0 Å². The zero-order valence-corrected chi connectivity index (χ0v) is 28.7. The van der Waals surface area contributed by atoms with Gasteiger partial charge in [-0.05, 0) is 60.5 Å². The van der Waals surface area contributed by atoms with Crippen molar-refractivity contribution in [1.29, 1.82) is 0 Å². The van der Waals surface area contributed by atoms with Gasteiger partial charge in [0.1, 0.15) is 6.04 Å². The summed E-state index contributed by atoms with van der Waals surface area (Å²) in [4.78, 5) is 56.3. The Kier molecular flexibility index (Phi) is 11.7. The Balaban J connectivity index is 1.46. The summed E-state index contributed by atoms with van der Waals surface area (Å²) < 4.78 is 30.2. The van der Waals surface area contributed by atoms with Crippen molar-refractivity contribution < 1.29 is 32.3 Å². The molecular formula is C39H41N3O7S. The standard InChI is InChI=1S/C39H41N3O7S/c1-2-30(24-29-19-21-31(22-20-29)32-16-9-10-18-34(32)50(40,47)48)37(45)42-39(49-38(46)33-17-11-23-41-33,35(43)25-27-12-5-3-6-13-27)36(44)26-28-14-7-4-8-15-28/h3-10,12-16,18-22,30,33,41H,2,11,17,23-26H2,1H3,(H,42,45)(H2,40,47,48)/t30-,33-/m0/s1. The molecule has 2 atom stereocenters. The lowest BCUT2D eigenvalue weighted by atomic mass is 9.90. The number of rotatable bonds is 15. The first-order valence-electron chi connectivity index (χ1n) is 16.6. The molecule has 0 radical (unpaired) electrons. The Bertz CT molecular complexity index is 1870. The van der Waals surface area contributed by atoms with Gasteiger partial charge in [0.05, 0.1) is 4.90 Å². The average Bonchev–Trinajstić information content (AvgIpc) is 3.67. The molecule has 10 nitrogen and oxygen atoms in total. The molecule has 260 valence electrons. The van der Waals surface area contributed by atoms with Crippen LogP contribution in [0.15, 0.2) is 114 Å². The van der Waals surface area contributed by atoms with Gasteiger partial charge in [-0.3, -0.25) is 19.2 Å². The second-order valence-electron chi connectivity index (χ2n) is 12.5. The summed E-state index contributed by atoms with van der Waals surface area (Å²) in [5, 5.41) is 11.2. The van der Waals surface area contributed by atoms with E-state index in [1.54, 1.807) is 103 Å². The molecule has 5 rings (SSSR count). The van der Waals surface area contributed by atoms with E-state index in [0.717, 1.165) is 12.0 Å². The third-order valence-electron chi connectivity index (χ3n) is 8.90. The van der Waals surface area contributed by atoms with E-state index in [4.69, 9.17) is 9.88 Å². The average molecular weight is 696 g/mol. The van der Waals surface area contributed by atoms with E-state index >= 15 is 0 Å². The summed E-state index contributed by atoms with van der Waals surface area (Å²) in [5.74, 6) is -3.62. The number of esters is 1. The molecule has 1 saturated heterocycles. The first-order chi connectivity index (χ1) is 24.0. The van der Waals surface area contributed by atoms with Crippen LogP contribution in [0, 0.1) is 5.92 Å². The van der Waals surface area contributed by atoms with Crippen molar-refractivity contribution in [3.63, 3.8) is 0 Å². The quantitative estimate of drug-likeness (QED) is 0.0943. The number of nitrogens with two attached hydrogens (primary N) is 1. The van der Waals surface area contributed by atoms with E-state index in [-0.39, 0.29) is 24.2 Å². The Labute approximate surface area is 292 Å². The number of carbonyl (C=O) groups excluding carboxylic acids is 4. The van der Waals surface area contributed by atoms with Crippen molar-refractivity contribution in [3.05, 3.63) is 126 Å². The topological polar surface area (TPSA) is 162 Å². The number of amides is 1. The molecule has 1 amide bonds. The van der Waals surface area contributed by atoms with E-state index < -0.39 is 51.2 Å². The summed E-state index contributed by atoms with van der Waals surface area (Å²) in [5.41, 5.74) is 0.445. The SMILES string of the molecule is CC[C@@H](Cc1ccc(-c2ccccc2S(N)(=O)=O)cc1)C(=O)NC(OC(=O)[C@@H]1CCCN1)(C(=O)Cc1ccccc1)C(=O)Cc1ccccc1. The number of nitrogens with one attached hydrogen (secondary N) is 2. The monoisotopic (exact) mass is 695 g/mol. The fraction of sp³-hybridized carbons (Fsp3) is 0.282. The minimum atomic E-state index is -3.96. The number of sulfonamides is 1. The molecule has 0 aromatic heterocycles. The molecule has 0 unspecified atom stereocenters. The molecule has 11 heteroatoms. The number of hydrogen-bond acceptors (Lipinski definition) is 8. The molecule has 0 bridgehead atoms. The molecule has 1 aliphatic rings. The highest BCUT2D eigenvalue weighted by atomic mass is 32.2. The molecule has 4 aromatic carbocycles. The Morgan fingerprint density at radius 2 is 1.38 bits per heavy atom. The van der Waals surface area contributed by atoms with Crippen molar-refractivity contribution in [2.45, 2.75) is 62.1 Å². The maximum absolute atomic E-state index is 14.3. The van der Waals surface area contributed by atoms with Crippen LogP contribution in [-0.2, 0) is 53.2 Å². The van der Waals surface area contributed by atoms with Crippen molar-refractivity contribution in [3.8, 4) is 11.1 Å². The predicted molar refractivity (Wildman–Crippen MR) is 189 cm³/mol. The van der Waals surface area contributed by atoms with Crippen LogP contribution < -0.4 is 15.8 Å². The first kappa shape index (κ1) is 36.3. The molecule has 4 aromatic rings. The van der Waals surface area contributed by atoms with Crippen LogP contribution in [0.3, 0.4) is 0 Å². The lowest BCUT2D eigenvalue weighted by molar-refractivity contribution is -0.180. The Morgan fingerprint density at radius 1 is 0.820 bits per heavy atom. The van der Waals surface area contributed by atoms with Crippen LogP contribution >= 0.6 is 0 Å². The van der Waals surface area contributed by atoms with Gasteiger partial charge in [-0.15, -0.1) is 0 Å². The van der Waals surface area contributed by atoms with Gasteiger partial charge < -0.3 is 15.4 Å². The second-order valence-corrected chi connectivity index (χ2v) is 14.0. The number of primary sulfonamides is 1. The number of ether oxygens (including phenoxy) is 1. The van der Waals surface area contributed by atoms with Crippen LogP contribution in [0.5, 0.6) is 0 Å². The van der Waals surface area contributed by atoms with Gasteiger partial charge in [0, 0.05) is 24.3 Å². The minimum absolute atomic E-state index is 0.00223. The van der Waals surface area contributed by atoms with Crippen molar-refractivity contribution in [2.75, 3.05) is 6.54 Å². The molecule has 0 saturated carbocycles. The lowest BCUT2D eigenvalue weighted by Crippen LogP contribution is -2.65. The molecule has 4 N–H and O–H groups in total. The van der Waals surface area contributed by atoms with Crippen molar-refractivity contribution in [2.24, 2.45) is 11.1 Å². The Hall–Kier alpha value is -4.97. The molecule has 1 fully saturated rings. The summed E-state index contributed by atoms with van der Waals surface area (Å²) in [6, 6.07) is 30.3. The number of Topliss-reactive ketones (excluding diaryl/α,β-unsaturated/α-hetero) is 2. The molecule has 1 aliphatic heterocycles. The smallest absolute Gasteiger partial charge is 0.325 e. The summed E-state index contributed by atoms with van der Waals surface area (Å²) in [6.45, 7) is 2.40. The lowest BCUT2D eigenvalue weighted by Gasteiger charge is -2.34. The van der Waals surface area contributed by atoms with Gasteiger partial charge in [0.15, 0.2) is 0 Å².